The molecule has 0 saturated heterocycles. The molecule has 82 valence electrons. The minimum atomic E-state index is -0.265. The zero-order valence-electron chi connectivity index (χ0n) is 8.29. The number of carbonyl (C=O) groups excluding carboxylic acids is 1. The molecule has 4 nitrogen and oxygen atoms in total. The zero-order chi connectivity index (χ0) is 11.3. The van der Waals surface area contributed by atoms with Gasteiger partial charge in [0.25, 0.3) is 5.91 Å². The zero-order valence-corrected chi connectivity index (χ0v) is 9.04. The summed E-state index contributed by atoms with van der Waals surface area (Å²) in [7, 11) is 1.48. The van der Waals surface area contributed by atoms with Crippen molar-refractivity contribution in [3.8, 4) is 5.75 Å². The monoisotopic (exact) mass is 229 g/mol. The van der Waals surface area contributed by atoms with Crippen LogP contribution in [-0.4, -0.2) is 31.3 Å². The lowest BCUT2D eigenvalue weighted by Crippen LogP contribution is -2.26. The first-order chi connectivity index (χ1) is 7.19. The predicted molar refractivity (Wildman–Crippen MR) is 57.4 cm³/mol. The molecule has 0 aliphatic heterocycles. The van der Waals surface area contributed by atoms with E-state index >= 15 is 0 Å². The summed E-state index contributed by atoms with van der Waals surface area (Å²) in [4.78, 5) is 11.5. The number of halogens is 1. The molecule has 0 aromatic heterocycles. The van der Waals surface area contributed by atoms with Crippen LogP contribution >= 0.6 is 11.6 Å². The summed E-state index contributed by atoms with van der Waals surface area (Å²) < 4.78 is 4.98. The molecule has 0 unspecified atom stereocenters. The van der Waals surface area contributed by atoms with Gasteiger partial charge in [0.2, 0.25) is 0 Å². The highest BCUT2D eigenvalue weighted by Gasteiger charge is 2.08. The molecule has 0 spiro atoms. The molecule has 0 atom stereocenters. The molecule has 0 aliphatic carbocycles. The first-order valence-electron chi connectivity index (χ1n) is 4.41. The molecule has 0 saturated carbocycles. The lowest BCUT2D eigenvalue weighted by molar-refractivity contribution is 0.0944. The molecule has 1 amide bonds. The Labute approximate surface area is 92.8 Å². The first kappa shape index (κ1) is 11.8. The molecule has 0 radical (unpaired) electrons. The number of ether oxygens (including phenoxy) is 1. The van der Waals surface area contributed by atoms with Gasteiger partial charge < -0.3 is 15.2 Å². The molecule has 5 heteroatoms. The van der Waals surface area contributed by atoms with Crippen molar-refractivity contribution in [2.24, 2.45) is 0 Å². The fraction of sp³-hybridized carbons (Fsp3) is 0.300. The topological polar surface area (TPSA) is 58.6 Å². The maximum Gasteiger partial charge on any atom is 0.251 e. The molecule has 0 fully saturated rings. The van der Waals surface area contributed by atoms with Gasteiger partial charge >= 0.3 is 0 Å². The van der Waals surface area contributed by atoms with Gasteiger partial charge in [0.15, 0.2) is 0 Å². The standard InChI is InChI=1S/C10H12ClNO3/c1-15-9-6-7(2-3-8(9)11)10(14)12-4-5-13/h2-3,6,13H,4-5H2,1H3,(H,12,14). The van der Waals surface area contributed by atoms with E-state index in [-0.39, 0.29) is 19.1 Å². The highest BCUT2D eigenvalue weighted by Crippen LogP contribution is 2.24. The molecule has 1 aromatic carbocycles. The van der Waals surface area contributed by atoms with E-state index in [1.54, 1.807) is 18.2 Å². The number of aliphatic hydroxyl groups excluding tert-OH is 1. The van der Waals surface area contributed by atoms with Crippen molar-refractivity contribution in [3.05, 3.63) is 28.8 Å². The number of hydrogen-bond acceptors (Lipinski definition) is 3. The van der Waals surface area contributed by atoms with Crippen LogP contribution in [0.4, 0.5) is 0 Å². The minimum Gasteiger partial charge on any atom is -0.495 e. The third-order valence-corrected chi connectivity index (χ3v) is 2.12. The van der Waals surface area contributed by atoms with Crippen LogP contribution in [0.2, 0.25) is 5.02 Å². The van der Waals surface area contributed by atoms with Crippen LogP contribution in [0.25, 0.3) is 0 Å². The van der Waals surface area contributed by atoms with E-state index in [0.29, 0.717) is 16.3 Å². The number of benzene rings is 1. The first-order valence-corrected chi connectivity index (χ1v) is 4.79. The second kappa shape index (κ2) is 5.58. The van der Waals surface area contributed by atoms with Crippen LogP contribution in [0.5, 0.6) is 5.75 Å². The van der Waals surface area contributed by atoms with Gasteiger partial charge in [-0.15, -0.1) is 0 Å². The van der Waals surface area contributed by atoms with Gasteiger partial charge in [-0.2, -0.15) is 0 Å². The normalized spacial score (nSPS) is 9.80. The molecule has 0 bridgehead atoms. The van der Waals surface area contributed by atoms with E-state index in [2.05, 4.69) is 5.32 Å². The number of nitrogens with one attached hydrogen (secondary N) is 1. The Morgan fingerprint density at radius 2 is 2.33 bits per heavy atom. The van der Waals surface area contributed by atoms with Crippen LogP contribution < -0.4 is 10.1 Å². The Balaban J connectivity index is 2.81. The van der Waals surface area contributed by atoms with Crippen molar-refractivity contribution in [1.29, 1.82) is 0 Å². The maximum atomic E-state index is 11.5. The Morgan fingerprint density at radius 1 is 1.60 bits per heavy atom. The summed E-state index contributed by atoms with van der Waals surface area (Å²) in [5, 5.41) is 11.5. The maximum absolute atomic E-state index is 11.5. The van der Waals surface area contributed by atoms with Crippen molar-refractivity contribution >= 4 is 17.5 Å². The highest BCUT2D eigenvalue weighted by atomic mass is 35.5. The van der Waals surface area contributed by atoms with Crippen LogP contribution in [0.1, 0.15) is 10.4 Å². The number of methoxy groups -OCH3 is 1. The molecule has 1 aromatic rings. The predicted octanol–water partition coefficient (Wildman–Crippen LogP) is 1.07. The van der Waals surface area contributed by atoms with E-state index in [9.17, 15) is 4.79 Å². The van der Waals surface area contributed by atoms with Crippen LogP contribution in [-0.2, 0) is 0 Å². The van der Waals surface area contributed by atoms with Gasteiger partial charge in [-0.25, -0.2) is 0 Å². The summed E-state index contributed by atoms with van der Waals surface area (Å²) in [6.45, 7) is 0.139. The summed E-state index contributed by atoms with van der Waals surface area (Å²) in [6.07, 6.45) is 0. The third kappa shape index (κ3) is 3.11. The van der Waals surface area contributed by atoms with Gasteiger partial charge in [0, 0.05) is 12.1 Å². The van der Waals surface area contributed by atoms with Gasteiger partial charge in [-0.3, -0.25) is 4.79 Å². The van der Waals surface area contributed by atoms with E-state index < -0.39 is 0 Å². The van der Waals surface area contributed by atoms with Crippen LogP contribution in [0.15, 0.2) is 18.2 Å². The van der Waals surface area contributed by atoms with Crippen molar-refractivity contribution in [2.45, 2.75) is 0 Å². The van der Waals surface area contributed by atoms with E-state index in [0.717, 1.165) is 0 Å². The van der Waals surface area contributed by atoms with Gasteiger partial charge in [0.05, 0.1) is 18.7 Å². The SMILES string of the molecule is COc1cc(C(=O)NCCO)ccc1Cl. The van der Waals surface area contributed by atoms with Crippen molar-refractivity contribution in [2.75, 3.05) is 20.3 Å². The van der Waals surface area contributed by atoms with E-state index in [1.165, 1.54) is 7.11 Å². The van der Waals surface area contributed by atoms with Crippen molar-refractivity contribution in [3.63, 3.8) is 0 Å². The Hall–Kier alpha value is -1.26. The van der Waals surface area contributed by atoms with Gasteiger partial charge in [-0.1, -0.05) is 11.6 Å². The van der Waals surface area contributed by atoms with Gasteiger partial charge in [-0.05, 0) is 18.2 Å². The Morgan fingerprint density at radius 3 is 2.93 bits per heavy atom. The smallest absolute Gasteiger partial charge is 0.251 e. The largest absolute Gasteiger partial charge is 0.495 e. The molecule has 0 aliphatic rings. The van der Waals surface area contributed by atoms with Crippen molar-refractivity contribution < 1.29 is 14.6 Å². The average Bonchev–Trinajstić information content (AvgIpc) is 2.26. The number of rotatable bonds is 4. The molecule has 1 rings (SSSR count). The molecule has 0 heterocycles. The summed E-state index contributed by atoms with van der Waals surface area (Å²) in [5.41, 5.74) is 0.449. The summed E-state index contributed by atoms with van der Waals surface area (Å²) >= 11 is 5.81. The fourth-order valence-electron chi connectivity index (χ4n) is 1.07. The molecule has 2 N–H and O–H groups in total. The summed E-state index contributed by atoms with van der Waals surface area (Å²) in [5.74, 6) is 0.187. The van der Waals surface area contributed by atoms with Crippen LogP contribution in [0.3, 0.4) is 0 Å². The quantitative estimate of drug-likeness (QED) is 0.812. The number of amides is 1. The second-order valence-electron chi connectivity index (χ2n) is 2.83. The van der Waals surface area contributed by atoms with Crippen molar-refractivity contribution in [1.82, 2.24) is 5.32 Å². The second-order valence-corrected chi connectivity index (χ2v) is 3.24. The fourth-order valence-corrected chi connectivity index (χ4v) is 1.27. The highest BCUT2D eigenvalue weighted by molar-refractivity contribution is 6.32. The van der Waals surface area contributed by atoms with Crippen LogP contribution in [0, 0.1) is 0 Å². The van der Waals surface area contributed by atoms with Gasteiger partial charge in [0.1, 0.15) is 5.75 Å². The molecular weight excluding hydrogens is 218 g/mol. The summed E-state index contributed by atoms with van der Waals surface area (Å²) in [6, 6.07) is 4.74. The number of carbonyl (C=O) groups is 1. The van der Waals surface area contributed by atoms with E-state index in [1.807, 2.05) is 0 Å². The number of aliphatic hydroxyl groups is 1. The molecular formula is C10H12ClNO3. The number of hydrogen-bond donors (Lipinski definition) is 2. The average molecular weight is 230 g/mol. The Kier molecular flexibility index (Phi) is 4.39. The third-order valence-electron chi connectivity index (χ3n) is 1.81. The minimum absolute atomic E-state index is 0.0868. The molecule has 15 heavy (non-hydrogen) atoms. The lowest BCUT2D eigenvalue weighted by Gasteiger charge is -2.06. The Bertz CT molecular complexity index is 355. The van der Waals surface area contributed by atoms with E-state index in [4.69, 9.17) is 21.4 Å². The lowest BCUT2D eigenvalue weighted by atomic mass is 10.2.